The number of para-hydroxylation sites is 1. The molecule has 2 heterocycles. The minimum Gasteiger partial charge on any atom is -0.399 e. The lowest BCUT2D eigenvalue weighted by molar-refractivity contribution is 0.00578. The molecule has 1 aromatic heterocycles. The summed E-state index contributed by atoms with van der Waals surface area (Å²) in [4.78, 5) is 0. The Morgan fingerprint density at radius 2 is 1.60 bits per heavy atom. The summed E-state index contributed by atoms with van der Waals surface area (Å²) in [5.74, 6) is 0. The molecule has 0 N–H and O–H groups in total. The van der Waals surface area contributed by atoms with Crippen molar-refractivity contribution in [3.8, 4) is 11.3 Å². The van der Waals surface area contributed by atoms with Crippen LogP contribution in [0.4, 0.5) is 0 Å². The standard InChI is InChI=1S/C19H19BClNO3/c1-18(2)19(3,4)25-20(24-18)14-10-7-9-13-16(22-23-17(13)14)12-8-5-6-11-15(12)21/h5-11H,1-4H3. The molecule has 6 heteroatoms. The number of hydrogen-bond acceptors (Lipinski definition) is 4. The molecule has 2 aromatic carbocycles. The van der Waals surface area contributed by atoms with Gasteiger partial charge in [-0.3, -0.25) is 0 Å². The van der Waals surface area contributed by atoms with Crippen LogP contribution in [0.3, 0.4) is 0 Å². The van der Waals surface area contributed by atoms with E-state index >= 15 is 0 Å². The van der Waals surface area contributed by atoms with Gasteiger partial charge in [-0.05, 0) is 39.8 Å². The Kier molecular flexibility index (Phi) is 3.72. The van der Waals surface area contributed by atoms with Crippen molar-refractivity contribution in [3.63, 3.8) is 0 Å². The largest absolute Gasteiger partial charge is 0.498 e. The molecule has 0 atom stereocenters. The molecule has 0 spiro atoms. The van der Waals surface area contributed by atoms with E-state index < -0.39 is 18.3 Å². The maximum atomic E-state index is 6.33. The third-order valence-electron chi connectivity index (χ3n) is 5.16. The van der Waals surface area contributed by atoms with E-state index in [4.69, 9.17) is 25.4 Å². The van der Waals surface area contributed by atoms with Gasteiger partial charge in [0.15, 0.2) is 5.58 Å². The third-order valence-corrected chi connectivity index (χ3v) is 5.49. The van der Waals surface area contributed by atoms with Crippen molar-refractivity contribution < 1.29 is 13.8 Å². The summed E-state index contributed by atoms with van der Waals surface area (Å²) in [6.45, 7) is 8.12. The third kappa shape index (κ3) is 2.58. The van der Waals surface area contributed by atoms with Gasteiger partial charge in [0.25, 0.3) is 0 Å². The van der Waals surface area contributed by atoms with Crippen molar-refractivity contribution in [2.75, 3.05) is 0 Å². The molecule has 0 amide bonds. The van der Waals surface area contributed by atoms with Crippen LogP contribution in [0.25, 0.3) is 22.2 Å². The monoisotopic (exact) mass is 355 g/mol. The van der Waals surface area contributed by atoms with E-state index in [2.05, 4.69) is 5.16 Å². The summed E-state index contributed by atoms with van der Waals surface area (Å²) in [6.07, 6.45) is 0. The summed E-state index contributed by atoms with van der Waals surface area (Å²) in [6, 6.07) is 13.5. The highest BCUT2D eigenvalue weighted by Crippen LogP contribution is 2.38. The van der Waals surface area contributed by atoms with E-state index in [1.807, 2.05) is 70.2 Å². The molecule has 1 fully saturated rings. The highest BCUT2D eigenvalue weighted by atomic mass is 35.5. The van der Waals surface area contributed by atoms with Crippen molar-refractivity contribution >= 4 is 35.2 Å². The molecule has 1 aliphatic rings. The van der Waals surface area contributed by atoms with Crippen LogP contribution in [-0.2, 0) is 9.31 Å². The average Bonchev–Trinajstić information content (AvgIpc) is 3.06. The highest BCUT2D eigenvalue weighted by molar-refractivity contribution is 6.64. The van der Waals surface area contributed by atoms with Crippen LogP contribution in [0.15, 0.2) is 47.0 Å². The Morgan fingerprint density at radius 3 is 2.28 bits per heavy atom. The number of fused-ring (bicyclic) bond motifs is 1. The van der Waals surface area contributed by atoms with Gasteiger partial charge < -0.3 is 13.8 Å². The highest BCUT2D eigenvalue weighted by Gasteiger charge is 2.52. The normalized spacial score (nSPS) is 18.8. The summed E-state index contributed by atoms with van der Waals surface area (Å²) in [5.41, 5.74) is 2.24. The number of aromatic nitrogens is 1. The van der Waals surface area contributed by atoms with E-state index in [9.17, 15) is 0 Å². The number of hydrogen-bond donors (Lipinski definition) is 0. The van der Waals surface area contributed by atoms with Gasteiger partial charge in [-0.25, -0.2) is 0 Å². The van der Waals surface area contributed by atoms with E-state index in [0.717, 1.165) is 22.1 Å². The molecule has 3 aromatic rings. The van der Waals surface area contributed by atoms with Crippen LogP contribution in [0.1, 0.15) is 27.7 Å². The van der Waals surface area contributed by atoms with E-state index in [-0.39, 0.29) is 0 Å². The first-order chi connectivity index (χ1) is 11.8. The molecule has 0 saturated carbocycles. The van der Waals surface area contributed by atoms with Gasteiger partial charge in [-0.15, -0.1) is 0 Å². The van der Waals surface area contributed by atoms with E-state index in [1.54, 1.807) is 0 Å². The Balaban J connectivity index is 1.83. The Labute approximate surface area is 152 Å². The van der Waals surface area contributed by atoms with Gasteiger partial charge in [0.05, 0.1) is 16.2 Å². The molecule has 25 heavy (non-hydrogen) atoms. The minimum absolute atomic E-state index is 0.411. The lowest BCUT2D eigenvalue weighted by atomic mass is 9.78. The van der Waals surface area contributed by atoms with Gasteiger partial charge >= 0.3 is 7.12 Å². The van der Waals surface area contributed by atoms with Crippen molar-refractivity contribution in [1.29, 1.82) is 0 Å². The zero-order valence-electron chi connectivity index (χ0n) is 14.7. The van der Waals surface area contributed by atoms with Gasteiger partial charge in [0, 0.05) is 16.4 Å². The topological polar surface area (TPSA) is 44.5 Å². The molecular weight excluding hydrogens is 336 g/mol. The summed E-state index contributed by atoms with van der Waals surface area (Å²) in [7, 11) is -0.499. The molecular formula is C19H19BClNO3. The second kappa shape index (κ2) is 5.59. The maximum absolute atomic E-state index is 6.33. The Morgan fingerprint density at radius 1 is 0.920 bits per heavy atom. The predicted octanol–water partition coefficient (Wildman–Crippen LogP) is 4.45. The number of nitrogens with zero attached hydrogens (tertiary/aromatic N) is 1. The predicted molar refractivity (Wildman–Crippen MR) is 100 cm³/mol. The smallest absolute Gasteiger partial charge is 0.399 e. The van der Waals surface area contributed by atoms with E-state index in [0.29, 0.717) is 10.6 Å². The van der Waals surface area contributed by atoms with Gasteiger partial charge in [0.1, 0.15) is 5.69 Å². The van der Waals surface area contributed by atoms with Crippen LogP contribution in [-0.4, -0.2) is 23.5 Å². The zero-order valence-corrected chi connectivity index (χ0v) is 15.4. The quantitative estimate of drug-likeness (QED) is 0.637. The molecule has 0 radical (unpaired) electrons. The fraction of sp³-hybridized carbons (Fsp3) is 0.316. The molecule has 0 aliphatic carbocycles. The van der Waals surface area contributed by atoms with Gasteiger partial charge in [0.2, 0.25) is 0 Å². The zero-order chi connectivity index (χ0) is 17.8. The van der Waals surface area contributed by atoms with Crippen LogP contribution in [0.2, 0.25) is 5.02 Å². The van der Waals surface area contributed by atoms with Crippen molar-refractivity contribution in [2.24, 2.45) is 0 Å². The van der Waals surface area contributed by atoms with Gasteiger partial charge in [-0.1, -0.05) is 47.1 Å². The second-order valence-electron chi connectivity index (χ2n) is 7.32. The lowest BCUT2D eigenvalue weighted by Crippen LogP contribution is -2.41. The number of benzene rings is 2. The number of rotatable bonds is 2. The Bertz CT molecular complexity index is 935. The molecule has 0 bridgehead atoms. The molecule has 4 rings (SSSR count). The molecule has 128 valence electrons. The van der Waals surface area contributed by atoms with Gasteiger partial charge in [-0.2, -0.15) is 0 Å². The molecule has 1 aliphatic heterocycles. The minimum atomic E-state index is -0.499. The maximum Gasteiger partial charge on any atom is 0.498 e. The van der Waals surface area contributed by atoms with Crippen molar-refractivity contribution in [3.05, 3.63) is 47.5 Å². The summed E-state index contributed by atoms with van der Waals surface area (Å²) >= 11 is 6.33. The van der Waals surface area contributed by atoms with E-state index in [1.165, 1.54) is 0 Å². The number of halogens is 1. The van der Waals surface area contributed by atoms with Crippen LogP contribution in [0, 0.1) is 0 Å². The van der Waals surface area contributed by atoms with Crippen LogP contribution >= 0.6 is 11.6 Å². The SMILES string of the molecule is CC1(C)OB(c2cccc3c(-c4ccccc4Cl)noc23)OC1(C)C. The first-order valence-corrected chi connectivity index (χ1v) is 8.67. The first kappa shape index (κ1) is 16.6. The van der Waals surface area contributed by atoms with Crippen molar-refractivity contribution in [2.45, 2.75) is 38.9 Å². The fourth-order valence-corrected chi connectivity index (χ4v) is 3.21. The lowest BCUT2D eigenvalue weighted by Gasteiger charge is -2.32. The van der Waals surface area contributed by atoms with Crippen LogP contribution < -0.4 is 5.46 Å². The van der Waals surface area contributed by atoms with Crippen LogP contribution in [0.5, 0.6) is 0 Å². The molecule has 1 saturated heterocycles. The van der Waals surface area contributed by atoms with Crippen molar-refractivity contribution in [1.82, 2.24) is 5.16 Å². The first-order valence-electron chi connectivity index (χ1n) is 8.29. The summed E-state index contributed by atoms with van der Waals surface area (Å²) < 4.78 is 18.0. The average molecular weight is 356 g/mol. The molecule has 0 unspecified atom stereocenters. The summed E-state index contributed by atoms with van der Waals surface area (Å²) in [5, 5.41) is 5.79. The second-order valence-corrected chi connectivity index (χ2v) is 7.73. The fourth-order valence-electron chi connectivity index (χ4n) is 2.99. The Hall–Kier alpha value is -1.82. The molecule has 4 nitrogen and oxygen atoms in total.